The standard InChI is InChI=1S/C38H62O7/c1-27(2)8-7-9-28(3)32-12-13-33-31-11-10-29-26-30(16-18-37(29,4)34(31)17-19-38(32,33)5)45-36(40)15-14-35(39)44-25-24-43-23-22-42-21-20-41-6/h10-11,27-28,30,32-34H,7-9,12-26H2,1-6H3/t28-,30+,32?,33?,34?,37+,38-/m1/s1. The molecule has 0 radical (unpaired) electrons. The maximum Gasteiger partial charge on any atom is 0.306 e. The third-order valence-corrected chi connectivity index (χ3v) is 11.9. The highest BCUT2D eigenvalue weighted by molar-refractivity contribution is 5.77. The van der Waals surface area contributed by atoms with Crippen LogP contribution in [0.3, 0.4) is 0 Å². The summed E-state index contributed by atoms with van der Waals surface area (Å²) >= 11 is 0. The molecule has 0 amide bonds. The lowest BCUT2D eigenvalue weighted by atomic mass is 9.50. The third-order valence-electron chi connectivity index (χ3n) is 11.9. The van der Waals surface area contributed by atoms with Crippen LogP contribution in [0.4, 0.5) is 0 Å². The Kier molecular flexibility index (Phi) is 13.6. The smallest absolute Gasteiger partial charge is 0.306 e. The molecule has 0 aromatic carbocycles. The molecule has 45 heavy (non-hydrogen) atoms. The van der Waals surface area contributed by atoms with Crippen LogP contribution in [0, 0.1) is 40.4 Å². The molecule has 7 heteroatoms. The summed E-state index contributed by atoms with van der Waals surface area (Å²) in [6.45, 7) is 14.8. The number of methoxy groups -OCH3 is 1. The van der Waals surface area contributed by atoms with Crippen LogP contribution in [0.25, 0.3) is 0 Å². The number of rotatable bonds is 18. The average Bonchev–Trinajstić information content (AvgIpc) is 3.36. The van der Waals surface area contributed by atoms with E-state index in [1.54, 1.807) is 12.7 Å². The van der Waals surface area contributed by atoms with Crippen molar-refractivity contribution in [2.45, 2.75) is 118 Å². The molecule has 0 aromatic heterocycles. The molecule has 0 bridgehead atoms. The Hall–Kier alpha value is -1.70. The predicted molar refractivity (Wildman–Crippen MR) is 177 cm³/mol. The molecule has 4 aliphatic carbocycles. The molecule has 4 aliphatic rings. The van der Waals surface area contributed by atoms with E-state index >= 15 is 0 Å². The molecular weight excluding hydrogens is 568 g/mol. The number of fused-ring (bicyclic) bond motifs is 5. The lowest BCUT2D eigenvalue weighted by Crippen LogP contribution is -2.46. The molecule has 0 aromatic rings. The van der Waals surface area contributed by atoms with Gasteiger partial charge in [0, 0.05) is 13.5 Å². The number of carbonyl (C=O) groups is 2. The normalized spacial score (nSPS) is 31.4. The first kappa shape index (κ1) is 36.1. The summed E-state index contributed by atoms with van der Waals surface area (Å²) < 4.78 is 26.7. The number of hydrogen-bond donors (Lipinski definition) is 0. The molecule has 3 unspecified atom stereocenters. The lowest BCUT2D eigenvalue weighted by Gasteiger charge is -2.55. The quantitative estimate of drug-likeness (QED) is 0.113. The summed E-state index contributed by atoms with van der Waals surface area (Å²) in [6, 6.07) is 0. The van der Waals surface area contributed by atoms with Crippen LogP contribution in [0.1, 0.15) is 112 Å². The van der Waals surface area contributed by atoms with Crippen LogP contribution >= 0.6 is 0 Å². The van der Waals surface area contributed by atoms with Gasteiger partial charge in [-0.1, -0.05) is 77.2 Å². The second kappa shape index (κ2) is 16.9. The zero-order chi connectivity index (χ0) is 32.5. The highest BCUT2D eigenvalue weighted by atomic mass is 16.6. The van der Waals surface area contributed by atoms with Crippen molar-refractivity contribution >= 4 is 11.9 Å². The monoisotopic (exact) mass is 630 g/mol. The van der Waals surface area contributed by atoms with Crippen LogP contribution in [0.2, 0.25) is 0 Å². The lowest BCUT2D eigenvalue weighted by molar-refractivity contribution is -0.155. The molecule has 7 atom stereocenters. The van der Waals surface area contributed by atoms with Crippen molar-refractivity contribution < 1.29 is 33.3 Å². The topological polar surface area (TPSA) is 80.3 Å². The van der Waals surface area contributed by atoms with E-state index in [0.717, 1.165) is 37.0 Å². The highest BCUT2D eigenvalue weighted by Crippen LogP contribution is 2.66. The predicted octanol–water partition coefficient (Wildman–Crippen LogP) is 7.86. The Morgan fingerprint density at radius 2 is 1.53 bits per heavy atom. The van der Waals surface area contributed by atoms with Crippen molar-refractivity contribution in [1.82, 2.24) is 0 Å². The molecular formula is C38H62O7. The fraction of sp³-hybridized carbons (Fsp3) is 0.842. The van der Waals surface area contributed by atoms with Gasteiger partial charge in [0.15, 0.2) is 0 Å². The molecule has 0 spiro atoms. The van der Waals surface area contributed by atoms with Crippen LogP contribution in [-0.4, -0.2) is 64.8 Å². The molecule has 7 nitrogen and oxygen atoms in total. The van der Waals surface area contributed by atoms with E-state index in [2.05, 4.69) is 46.8 Å². The van der Waals surface area contributed by atoms with Gasteiger partial charge in [-0.2, -0.15) is 0 Å². The Balaban J connectivity index is 1.21. The van der Waals surface area contributed by atoms with E-state index in [-0.39, 0.29) is 36.9 Å². The maximum atomic E-state index is 12.6. The van der Waals surface area contributed by atoms with Gasteiger partial charge in [0.25, 0.3) is 0 Å². The summed E-state index contributed by atoms with van der Waals surface area (Å²) in [5.74, 6) is 3.06. The van der Waals surface area contributed by atoms with Crippen molar-refractivity contribution in [3.8, 4) is 0 Å². The number of esters is 2. The third kappa shape index (κ3) is 9.22. The van der Waals surface area contributed by atoms with Crippen LogP contribution in [0.5, 0.6) is 0 Å². The summed E-state index contributed by atoms with van der Waals surface area (Å²) in [5, 5.41) is 0. The first-order chi connectivity index (χ1) is 21.6. The van der Waals surface area contributed by atoms with Gasteiger partial charge in [-0.15, -0.1) is 0 Å². The maximum absolute atomic E-state index is 12.6. The molecule has 256 valence electrons. The Bertz CT molecular complexity index is 1030. The number of allylic oxidation sites excluding steroid dienone is 3. The molecule has 3 saturated carbocycles. The molecule has 3 fully saturated rings. The first-order valence-electron chi connectivity index (χ1n) is 18.0. The van der Waals surface area contributed by atoms with E-state index in [1.807, 2.05) is 0 Å². The first-order valence-corrected chi connectivity index (χ1v) is 18.0. The number of carbonyl (C=O) groups excluding carboxylic acids is 2. The summed E-state index contributed by atoms with van der Waals surface area (Å²) in [5.41, 5.74) is 3.77. The van der Waals surface area contributed by atoms with E-state index in [4.69, 9.17) is 23.7 Å². The fourth-order valence-electron chi connectivity index (χ4n) is 9.29. The minimum atomic E-state index is -0.404. The van der Waals surface area contributed by atoms with Gasteiger partial charge < -0.3 is 23.7 Å². The van der Waals surface area contributed by atoms with Crippen molar-refractivity contribution in [2.75, 3.05) is 46.8 Å². The van der Waals surface area contributed by atoms with Crippen LogP contribution < -0.4 is 0 Å². The van der Waals surface area contributed by atoms with Gasteiger partial charge in [-0.05, 0) is 78.9 Å². The second-order valence-corrected chi connectivity index (χ2v) is 15.2. The van der Waals surface area contributed by atoms with Gasteiger partial charge >= 0.3 is 11.9 Å². The average molecular weight is 631 g/mol. The Morgan fingerprint density at radius 1 is 0.822 bits per heavy atom. The second-order valence-electron chi connectivity index (χ2n) is 15.2. The van der Waals surface area contributed by atoms with E-state index in [0.29, 0.717) is 50.3 Å². The summed E-state index contributed by atoms with van der Waals surface area (Å²) in [7, 11) is 1.63. The number of ether oxygens (including phenoxy) is 5. The minimum Gasteiger partial charge on any atom is -0.463 e. The van der Waals surface area contributed by atoms with E-state index < -0.39 is 5.97 Å². The SMILES string of the molecule is COCCOCCOCCOC(=O)CCC(=O)O[C@H]1CC[C@@]2(C)C(=CC=C3C4CCC([C@H](C)CCCC(C)C)[C@@]4(C)CCC32)C1. The van der Waals surface area contributed by atoms with Gasteiger partial charge in [0.1, 0.15) is 12.7 Å². The van der Waals surface area contributed by atoms with Crippen LogP contribution in [0.15, 0.2) is 23.3 Å². The molecule has 0 saturated heterocycles. The van der Waals surface area contributed by atoms with E-state index in [1.165, 1.54) is 50.5 Å². The molecule has 0 N–H and O–H groups in total. The van der Waals surface area contributed by atoms with Crippen molar-refractivity contribution in [1.29, 1.82) is 0 Å². The minimum absolute atomic E-state index is 0.0256. The van der Waals surface area contributed by atoms with Crippen molar-refractivity contribution in [2.24, 2.45) is 40.4 Å². The largest absolute Gasteiger partial charge is 0.463 e. The fourth-order valence-corrected chi connectivity index (χ4v) is 9.29. The van der Waals surface area contributed by atoms with Gasteiger partial charge in [-0.25, -0.2) is 0 Å². The summed E-state index contributed by atoms with van der Waals surface area (Å²) in [6.07, 6.45) is 17.0. The van der Waals surface area contributed by atoms with Gasteiger partial charge in [0.05, 0.1) is 45.9 Å². The van der Waals surface area contributed by atoms with Gasteiger partial charge in [-0.3, -0.25) is 9.59 Å². The highest BCUT2D eigenvalue weighted by Gasteiger charge is 2.57. The Labute approximate surface area is 273 Å². The van der Waals surface area contributed by atoms with E-state index in [9.17, 15) is 9.59 Å². The molecule has 4 rings (SSSR count). The zero-order valence-corrected chi connectivity index (χ0v) is 29.2. The molecule has 0 heterocycles. The van der Waals surface area contributed by atoms with Crippen molar-refractivity contribution in [3.63, 3.8) is 0 Å². The zero-order valence-electron chi connectivity index (χ0n) is 29.2. The number of hydrogen-bond acceptors (Lipinski definition) is 7. The Morgan fingerprint density at radius 3 is 2.27 bits per heavy atom. The molecule has 0 aliphatic heterocycles. The van der Waals surface area contributed by atoms with Crippen molar-refractivity contribution in [3.05, 3.63) is 23.3 Å². The summed E-state index contributed by atoms with van der Waals surface area (Å²) in [4.78, 5) is 24.7. The van der Waals surface area contributed by atoms with Crippen LogP contribution in [-0.2, 0) is 33.3 Å². The van der Waals surface area contributed by atoms with Gasteiger partial charge in [0.2, 0.25) is 0 Å².